The Morgan fingerprint density at radius 2 is 1.78 bits per heavy atom. The van der Waals surface area contributed by atoms with Crippen LogP contribution in [-0.2, 0) is 11.2 Å². The van der Waals surface area contributed by atoms with E-state index in [1.54, 1.807) is 24.1 Å². The lowest BCUT2D eigenvalue weighted by Crippen LogP contribution is -2.58. The average Bonchev–Trinajstić information content (AvgIpc) is 2.81. The minimum Gasteiger partial charge on any atom is -0.497 e. The van der Waals surface area contributed by atoms with E-state index in [2.05, 4.69) is 33.0 Å². The molecule has 0 aromatic heterocycles. The Morgan fingerprint density at radius 3 is 2.47 bits per heavy atom. The van der Waals surface area contributed by atoms with E-state index in [0.717, 1.165) is 49.1 Å². The highest BCUT2D eigenvalue weighted by atomic mass is 79.9. The molecule has 0 N–H and O–H groups in total. The number of halogens is 1. The molecule has 2 fully saturated rings. The predicted molar refractivity (Wildman–Crippen MR) is 129 cm³/mol. The van der Waals surface area contributed by atoms with Crippen LogP contribution in [-0.4, -0.2) is 61.6 Å². The molecular weight excluding hydrogens is 470 g/mol. The number of imide groups is 1. The van der Waals surface area contributed by atoms with Crippen LogP contribution in [0.15, 0.2) is 53.0 Å². The number of para-hydroxylation sites is 1. The van der Waals surface area contributed by atoms with Gasteiger partial charge in [-0.2, -0.15) is 0 Å². The zero-order valence-corrected chi connectivity index (χ0v) is 20.3. The van der Waals surface area contributed by atoms with Crippen molar-refractivity contribution in [2.75, 3.05) is 38.7 Å². The molecule has 6 nitrogen and oxygen atoms in total. The van der Waals surface area contributed by atoms with Crippen molar-refractivity contribution >= 4 is 33.6 Å². The van der Waals surface area contributed by atoms with E-state index >= 15 is 0 Å². The Morgan fingerprint density at radius 1 is 1.06 bits per heavy atom. The SMILES string of the molecule is COc1ccc(Br)c(CC2CCN(CC3CC(=O)N(c4ccccc4)C(=O)N3C)CC2)c1. The maximum Gasteiger partial charge on any atom is 0.331 e. The van der Waals surface area contributed by atoms with Crippen LogP contribution in [0.25, 0.3) is 0 Å². The molecule has 3 amide bonds. The number of urea groups is 1. The molecule has 7 heteroatoms. The van der Waals surface area contributed by atoms with Gasteiger partial charge in [0, 0.05) is 24.5 Å². The molecule has 2 saturated heterocycles. The highest BCUT2D eigenvalue weighted by Crippen LogP contribution is 2.30. The van der Waals surface area contributed by atoms with E-state index in [1.807, 2.05) is 31.3 Å². The summed E-state index contributed by atoms with van der Waals surface area (Å²) in [6.07, 6.45) is 3.60. The van der Waals surface area contributed by atoms with Gasteiger partial charge in [-0.15, -0.1) is 0 Å². The van der Waals surface area contributed by atoms with Crippen molar-refractivity contribution in [3.05, 3.63) is 58.6 Å². The largest absolute Gasteiger partial charge is 0.497 e. The van der Waals surface area contributed by atoms with Crippen molar-refractivity contribution in [3.63, 3.8) is 0 Å². The van der Waals surface area contributed by atoms with Gasteiger partial charge in [0.05, 0.1) is 18.8 Å². The van der Waals surface area contributed by atoms with Gasteiger partial charge in [-0.25, -0.2) is 9.69 Å². The van der Waals surface area contributed by atoms with Gasteiger partial charge in [0.15, 0.2) is 0 Å². The first-order chi connectivity index (χ1) is 15.5. The molecule has 1 unspecified atom stereocenters. The lowest BCUT2D eigenvalue weighted by Gasteiger charge is -2.41. The second kappa shape index (κ2) is 10.0. The summed E-state index contributed by atoms with van der Waals surface area (Å²) < 4.78 is 6.50. The van der Waals surface area contributed by atoms with Crippen molar-refractivity contribution in [2.45, 2.75) is 31.7 Å². The van der Waals surface area contributed by atoms with E-state index < -0.39 is 0 Å². The summed E-state index contributed by atoms with van der Waals surface area (Å²) in [6, 6.07) is 15.0. The topological polar surface area (TPSA) is 53.1 Å². The van der Waals surface area contributed by atoms with Gasteiger partial charge in [-0.3, -0.25) is 4.79 Å². The van der Waals surface area contributed by atoms with Gasteiger partial charge in [-0.05, 0) is 74.2 Å². The fourth-order valence-electron chi connectivity index (χ4n) is 4.69. The molecule has 0 bridgehead atoms. The number of carbonyl (C=O) groups excluding carboxylic acids is 2. The highest BCUT2D eigenvalue weighted by Gasteiger charge is 2.38. The van der Waals surface area contributed by atoms with Crippen molar-refractivity contribution in [2.24, 2.45) is 5.92 Å². The number of methoxy groups -OCH3 is 1. The van der Waals surface area contributed by atoms with Crippen molar-refractivity contribution in [1.82, 2.24) is 9.80 Å². The molecule has 0 spiro atoms. The van der Waals surface area contributed by atoms with Crippen LogP contribution < -0.4 is 9.64 Å². The number of likely N-dealkylation sites (N-methyl/N-ethyl adjacent to an activating group) is 1. The number of ether oxygens (including phenoxy) is 1. The molecule has 4 rings (SSSR count). The first-order valence-corrected chi connectivity index (χ1v) is 11.9. The molecule has 2 aliphatic rings. The van der Waals surface area contributed by atoms with Crippen molar-refractivity contribution < 1.29 is 14.3 Å². The number of hydrogen-bond donors (Lipinski definition) is 0. The summed E-state index contributed by atoms with van der Waals surface area (Å²) in [7, 11) is 3.50. The monoisotopic (exact) mass is 499 g/mol. The Labute approximate surface area is 198 Å². The van der Waals surface area contributed by atoms with Gasteiger partial charge in [0.1, 0.15) is 5.75 Å². The second-order valence-corrected chi connectivity index (χ2v) is 9.58. The number of benzene rings is 2. The quantitative estimate of drug-likeness (QED) is 0.583. The van der Waals surface area contributed by atoms with E-state index in [1.165, 1.54) is 10.5 Å². The van der Waals surface area contributed by atoms with Crippen LogP contribution in [0.1, 0.15) is 24.8 Å². The predicted octanol–water partition coefficient (Wildman–Crippen LogP) is 4.57. The fourth-order valence-corrected chi connectivity index (χ4v) is 5.09. The summed E-state index contributed by atoms with van der Waals surface area (Å²) in [5.74, 6) is 1.39. The second-order valence-electron chi connectivity index (χ2n) is 8.72. The smallest absolute Gasteiger partial charge is 0.331 e. The third kappa shape index (κ3) is 4.99. The summed E-state index contributed by atoms with van der Waals surface area (Å²) in [5.41, 5.74) is 1.92. The molecule has 2 aromatic carbocycles. The number of rotatable bonds is 6. The standard InChI is InChI=1S/C25H30BrN3O3/c1-27-21(16-24(30)29(25(27)31)20-6-4-3-5-7-20)17-28-12-10-18(11-13-28)14-19-15-22(32-2)8-9-23(19)26/h3-9,15,18,21H,10-14,16-17H2,1-2H3. The summed E-state index contributed by atoms with van der Waals surface area (Å²) in [4.78, 5) is 31.1. The van der Waals surface area contributed by atoms with E-state index in [9.17, 15) is 9.59 Å². The lowest BCUT2D eigenvalue weighted by atomic mass is 9.89. The van der Waals surface area contributed by atoms with Crippen LogP contribution in [0, 0.1) is 5.92 Å². The number of amides is 3. The zero-order valence-electron chi connectivity index (χ0n) is 18.7. The lowest BCUT2D eigenvalue weighted by molar-refractivity contribution is -0.120. The number of carbonyl (C=O) groups is 2. The Bertz CT molecular complexity index is 960. The first-order valence-electron chi connectivity index (χ1n) is 11.2. The first kappa shape index (κ1) is 22.8. The van der Waals surface area contributed by atoms with Gasteiger partial charge >= 0.3 is 6.03 Å². The van der Waals surface area contributed by atoms with Gasteiger partial charge in [0.25, 0.3) is 0 Å². The third-order valence-corrected chi connectivity index (χ3v) is 7.43. The molecule has 1 atom stereocenters. The minimum absolute atomic E-state index is 0.0842. The molecule has 2 aliphatic heterocycles. The van der Waals surface area contributed by atoms with Crippen LogP contribution >= 0.6 is 15.9 Å². The Kier molecular flexibility index (Phi) is 7.16. The molecule has 170 valence electrons. The normalized spacial score (nSPS) is 20.7. The zero-order chi connectivity index (χ0) is 22.7. The van der Waals surface area contributed by atoms with E-state index in [0.29, 0.717) is 18.0 Å². The Balaban J connectivity index is 1.32. The number of hydrogen-bond acceptors (Lipinski definition) is 4. The molecule has 32 heavy (non-hydrogen) atoms. The van der Waals surface area contributed by atoms with Crippen LogP contribution in [0.5, 0.6) is 5.75 Å². The molecule has 0 radical (unpaired) electrons. The highest BCUT2D eigenvalue weighted by molar-refractivity contribution is 9.10. The summed E-state index contributed by atoms with van der Waals surface area (Å²) in [5, 5.41) is 0. The third-order valence-electron chi connectivity index (χ3n) is 6.65. The van der Waals surface area contributed by atoms with Crippen molar-refractivity contribution in [1.29, 1.82) is 0 Å². The molecule has 0 saturated carbocycles. The number of likely N-dealkylation sites (tertiary alicyclic amines) is 1. The van der Waals surface area contributed by atoms with Crippen molar-refractivity contribution in [3.8, 4) is 5.75 Å². The summed E-state index contributed by atoms with van der Waals surface area (Å²) in [6.45, 7) is 2.72. The van der Waals surface area contributed by atoms with Gasteiger partial charge < -0.3 is 14.5 Å². The summed E-state index contributed by atoms with van der Waals surface area (Å²) >= 11 is 3.66. The van der Waals surface area contributed by atoms with Gasteiger partial charge in [0.2, 0.25) is 5.91 Å². The van der Waals surface area contributed by atoms with Crippen LogP contribution in [0.3, 0.4) is 0 Å². The maximum atomic E-state index is 12.9. The molecule has 2 heterocycles. The Hall–Kier alpha value is -2.38. The van der Waals surface area contributed by atoms with E-state index in [-0.39, 0.29) is 18.0 Å². The fraction of sp³-hybridized carbons (Fsp3) is 0.440. The van der Waals surface area contributed by atoms with Crippen LogP contribution in [0.2, 0.25) is 0 Å². The molecular formula is C25H30BrN3O3. The van der Waals surface area contributed by atoms with Crippen LogP contribution in [0.4, 0.5) is 10.5 Å². The number of nitrogens with zero attached hydrogens (tertiary/aromatic N) is 3. The molecule has 2 aromatic rings. The number of piperidine rings is 1. The average molecular weight is 500 g/mol. The maximum absolute atomic E-state index is 12.9. The van der Waals surface area contributed by atoms with E-state index in [4.69, 9.17) is 4.74 Å². The number of anilines is 1. The molecule has 0 aliphatic carbocycles. The minimum atomic E-state index is -0.241. The van der Waals surface area contributed by atoms with Gasteiger partial charge in [-0.1, -0.05) is 34.1 Å².